The normalized spacial score (nSPS) is 11.3. The van der Waals surface area contributed by atoms with Crippen molar-refractivity contribution in [3.63, 3.8) is 0 Å². The second kappa shape index (κ2) is 7.28. The Labute approximate surface area is 120 Å². The number of amides is 1. The first-order chi connectivity index (χ1) is 9.86. The van der Waals surface area contributed by atoms with Crippen molar-refractivity contribution in [1.29, 1.82) is 0 Å². The molecule has 1 rings (SSSR count). The Morgan fingerprint density at radius 1 is 1.24 bits per heavy atom. The Morgan fingerprint density at radius 2 is 1.81 bits per heavy atom. The van der Waals surface area contributed by atoms with Gasteiger partial charge in [0.15, 0.2) is 0 Å². The highest BCUT2D eigenvalue weighted by Gasteiger charge is 2.35. The molecule has 0 aromatic heterocycles. The number of benzene rings is 1. The smallest absolute Gasteiger partial charge is 0.395 e. The third-order valence-electron chi connectivity index (χ3n) is 2.88. The highest BCUT2D eigenvalue weighted by molar-refractivity contribution is 6.00. The van der Waals surface area contributed by atoms with Crippen LogP contribution in [0, 0.1) is 0 Å². The van der Waals surface area contributed by atoms with Gasteiger partial charge in [-0.15, -0.1) is 0 Å². The summed E-state index contributed by atoms with van der Waals surface area (Å²) in [5.41, 5.74) is -1.42. The lowest BCUT2D eigenvalue weighted by molar-refractivity contribution is -0.136. The third-order valence-corrected chi connectivity index (χ3v) is 2.88. The first-order valence-corrected chi connectivity index (χ1v) is 6.25. The summed E-state index contributed by atoms with van der Waals surface area (Å²) in [5.74, 6) is -0.687. The van der Waals surface area contributed by atoms with Gasteiger partial charge >= 0.3 is 6.18 Å². The first-order valence-electron chi connectivity index (χ1n) is 6.25. The number of nitrogens with one attached hydrogen (secondary N) is 1. The van der Waals surface area contributed by atoms with E-state index in [0.29, 0.717) is 0 Å². The molecule has 3 N–H and O–H groups in total. The van der Waals surface area contributed by atoms with Gasteiger partial charge in [0.05, 0.1) is 30.0 Å². The van der Waals surface area contributed by atoms with E-state index in [4.69, 9.17) is 10.2 Å². The van der Waals surface area contributed by atoms with Crippen LogP contribution in [0.4, 0.5) is 18.9 Å². The maximum absolute atomic E-state index is 12.9. The van der Waals surface area contributed by atoms with Crippen molar-refractivity contribution in [3.8, 4) is 0 Å². The summed E-state index contributed by atoms with van der Waals surface area (Å²) in [6.45, 7) is -0.837. The van der Waals surface area contributed by atoms with E-state index in [1.54, 1.807) is 0 Å². The van der Waals surface area contributed by atoms with Gasteiger partial charge in [0.25, 0.3) is 5.91 Å². The van der Waals surface area contributed by atoms with Crippen LogP contribution in [-0.2, 0) is 6.18 Å². The number of aliphatic hydroxyl groups is 2. The van der Waals surface area contributed by atoms with Gasteiger partial charge in [-0.3, -0.25) is 4.79 Å². The maximum Gasteiger partial charge on any atom is 0.418 e. The summed E-state index contributed by atoms with van der Waals surface area (Å²) in [6.07, 6.45) is -4.59. The SMILES string of the molecule is CNc1c(C(=O)N(CCO)CCO)cccc1C(F)(F)F. The molecular weight excluding hydrogens is 289 g/mol. The lowest BCUT2D eigenvalue weighted by atomic mass is 10.1. The number of hydrogen-bond acceptors (Lipinski definition) is 4. The average Bonchev–Trinajstić information content (AvgIpc) is 2.44. The standard InChI is InChI=1S/C13H17F3N2O3/c1-17-11-9(3-2-4-10(11)13(14,15)16)12(21)18(5-7-19)6-8-20/h2-4,17,19-20H,5-8H2,1H3. The van der Waals surface area contributed by atoms with E-state index in [2.05, 4.69) is 5.32 Å². The number of alkyl halides is 3. The lowest BCUT2D eigenvalue weighted by Gasteiger charge is -2.23. The van der Waals surface area contributed by atoms with E-state index >= 15 is 0 Å². The molecule has 118 valence electrons. The van der Waals surface area contributed by atoms with Gasteiger partial charge in [-0.05, 0) is 12.1 Å². The molecule has 0 fully saturated rings. The minimum atomic E-state index is -4.59. The van der Waals surface area contributed by atoms with E-state index < -0.39 is 17.6 Å². The summed E-state index contributed by atoms with van der Waals surface area (Å²) in [4.78, 5) is 13.4. The molecule has 1 aromatic rings. The molecule has 8 heteroatoms. The van der Waals surface area contributed by atoms with Crippen LogP contribution in [0.1, 0.15) is 15.9 Å². The maximum atomic E-state index is 12.9. The van der Waals surface area contributed by atoms with Gasteiger partial charge in [0.2, 0.25) is 0 Å². The fourth-order valence-corrected chi connectivity index (χ4v) is 1.96. The van der Waals surface area contributed by atoms with Crippen molar-refractivity contribution in [3.05, 3.63) is 29.3 Å². The summed E-state index contributed by atoms with van der Waals surface area (Å²) in [6, 6.07) is 3.29. The molecule has 0 spiro atoms. The Bertz CT molecular complexity index is 486. The van der Waals surface area contributed by atoms with Gasteiger partial charge in [-0.1, -0.05) is 6.07 Å². The molecule has 5 nitrogen and oxygen atoms in total. The zero-order valence-electron chi connectivity index (χ0n) is 11.4. The molecule has 0 radical (unpaired) electrons. The number of halogens is 3. The van der Waals surface area contributed by atoms with Crippen molar-refractivity contribution >= 4 is 11.6 Å². The number of nitrogens with zero attached hydrogens (tertiary/aromatic N) is 1. The molecular formula is C13H17F3N2O3. The monoisotopic (exact) mass is 306 g/mol. The molecule has 0 saturated carbocycles. The molecule has 21 heavy (non-hydrogen) atoms. The molecule has 0 unspecified atom stereocenters. The van der Waals surface area contributed by atoms with Crippen molar-refractivity contribution in [2.45, 2.75) is 6.18 Å². The summed E-state index contributed by atoms with van der Waals surface area (Å²) >= 11 is 0. The van der Waals surface area contributed by atoms with Gasteiger partial charge in [0, 0.05) is 20.1 Å². The van der Waals surface area contributed by atoms with E-state index in [-0.39, 0.29) is 37.6 Å². The molecule has 0 aliphatic rings. The largest absolute Gasteiger partial charge is 0.418 e. The highest BCUT2D eigenvalue weighted by Crippen LogP contribution is 2.36. The number of carbonyl (C=O) groups excluding carboxylic acids is 1. The van der Waals surface area contributed by atoms with Gasteiger partial charge in [-0.25, -0.2) is 0 Å². The number of para-hydroxylation sites is 1. The van der Waals surface area contributed by atoms with Crippen LogP contribution in [0.25, 0.3) is 0 Å². The van der Waals surface area contributed by atoms with Gasteiger partial charge in [0.1, 0.15) is 0 Å². The predicted octanol–water partition coefficient (Wildman–Crippen LogP) is 1.17. The van der Waals surface area contributed by atoms with Gasteiger partial charge < -0.3 is 20.4 Å². The molecule has 0 aliphatic heterocycles. The van der Waals surface area contributed by atoms with E-state index in [1.807, 2.05) is 0 Å². The molecule has 1 amide bonds. The van der Waals surface area contributed by atoms with Crippen molar-refractivity contribution in [1.82, 2.24) is 4.90 Å². The van der Waals surface area contributed by atoms with Crippen LogP contribution in [0.2, 0.25) is 0 Å². The summed E-state index contributed by atoms with van der Waals surface area (Å²) in [7, 11) is 1.30. The van der Waals surface area contributed by atoms with Crippen molar-refractivity contribution in [2.75, 3.05) is 38.7 Å². The second-order valence-electron chi connectivity index (χ2n) is 4.22. The first kappa shape index (κ1) is 17.3. The fourth-order valence-electron chi connectivity index (χ4n) is 1.96. The molecule has 0 atom stereocenters. The average molecular weight is 306 g/mol. The van der Waals surface area contributed by atoms with E-state index in [0.717, 1.165) is 17.0 Å². The zero-order valence-corrected chi connectivity index (χ0v) is 11.4. The van der Waals surface area contributed by atoms with Crippen LogP contribution in [0.3, 0.4) is 0 Å². The van der Waals surface area contributed by atoms with Crippen LogP contribution in [-0.4, -0.2) is 54.4 Å². The summed E-state index contributed by atoms with van der Waals surface area (Å²) in [5, 5.41) is 20.2. The van der Waals surface area contributed by atoms with Gasteiger partial charge in [-0.2, -0.15) is 13.2 Å². The highest BCUT2D eigenvalue weighted by atomic mass is 19.4. The fraction of sp³-hybridized carbons (Fsp3) is 0.462. The van der Waals surface area contributed by atoms with Crippen LogP contribution >= 0.6 is 0 Å². The zero-order chi connectivity index (χ0) is 16.0. The Balaban J connectivity index is 3.26. The second-order valence-corrected chi connectivity index (χ2v) is 4.22. The number of anilines is 1. The molecule has 0 aliphatic carbocycles. The Morgan fingerprint density at radius 3 is 2.24 bits per heavy atom. The van der Waals surface area contributed by atoms with Crippen molar-refractivity contribution in [2.24, 2.45) is 0 Å². The number of carbonyl (C=O) groups is 1. The lowest BCUT2D eigenvalue weighted by Crippen LogP contribution is -2.36. The molecule has 0 heterocycles. The number of hydrogen-bond donors (Lipinski definition) is 3. The van der Waals surface area contributed by atoms with Crippen LogP contribution < -0.4 is 5.32 Å². The molecule has 0 saturated heterocycles. The number of aliphatic hydroxyl groups excluding tert-OH is 2. The quantitative estimate of drug-likeness (QED) is 0.738. The Kier molecular flexibility index (Phi) is 5.98. The van der Waals surface area contributed by atoms with E-state index in [9.17, 15) is 18.0 Å². The van der Waals surface area contributed by atoms with Crippen LogP contribution in [0.5, 0.6) is 0 Å². The molecule has 1 aromatic carbocycles. The third kappa shape index (κ3) is 4.08. The van der Waals surface area contributed by atoms with E-state index in [1.165, 1.54) is 13.1 Å². The topological polar surface area (TPSA) is 72.8 Å². The number of rotatable bonds is 6. The predicted molar refractivity (Wildman–Crippen MR) is 71.1 cm³/mol. The van der Waals surface area contributed by atoms with Crippen LogP contribution in [0.15, 0.2) is 18.2 Å². The minimum Gasteiger partial charge on any atom is -0.395 e. The Hall–Kier alpha value is -1.80. The summed E-state index contributed by atoms with van der Waals surface area (Å²) < 4.78 is 38.8. The van der Waals surface area contributed by atoms with Crippen molar-refractivity contribution < 1.29 is 28.2 Å². The minimum absolute atomic E-state index is 0.0706. The molecule has 0 bridgehead atoms.